The summed E-state index contributed by atoms with van der Waals surface area (Å²) in [6.45, 7) is 2.10. The van der Waals surface area contributed by atoms with Crippen LogP contribution in [0, 0.1) is 11.7 Å². The van der Waals surface area contributed by atoms with Gasteiger partial charge < -0.3 is 4.90 Å². The number of fused-ring (bicyclic) bond motifs is 1. The van der Waals surface area contributed by atoms with Crippen LogP contribution in [-0.2, 0) is 11.2 Å². The molecule has 19 heavy (non-hydrogen) atoms. The van der Waals surface area contributed by atoms with Crippen LogP contribution in [0.5, 0.6) is 0 Å². The van der Waals surface area contributed by atoms with E-state index in [1.54, 1.807) is 12.1 Å². The molecule has 1 aromatic rings. The molecule has 1 atom stereocenters. The van der Waals surface area contributed by atoms with E-state index in [0.717, 1.165) is 49.8 Å². The number of nitrogens with zero attached hydrogens (tertiary/aromatic N) is 1. The zero-order valence-corrected chi connectivity index (χ0v) is 11.4. The molecule has 1 aliphatic carbocycles. The molecule has 1 amide bonds. The minimum atomic E-state index is -0.207. The number of benzene rings is 1. The Morgan fingerprint density at radius 2 is 2.00 bits per heavy atom. The van der Waals surface area contributed by atoms with Gasteiger partial charge in [0.2, 0.25) is 5.91 Å². The van der Waals surface area contributed by atoms with Crippen LogP contribution in [0.3, 0.4) is 0 Å². The number of aryl methyl sites for hydroxylation is 1. The van der Waals surface area contributed by atoms with Gasteiger partial charge in [0.1, 0.15) is 5.82 Å². The Labute approximate surface area is 113 Å². The smallest absolute Gasteiger partial charge is 0.230 e. The first-order valence-electron chi connectivity index (χ1n) is 7.28. The highest BCUT2D eigenvalue weighted by molar-refractivity contribution is 5.96. The van der Waals surface area contributed by atoms with Gasteiger partial charge in [-0.15, -0.1) is 0 Å². The second-order valence-corrected chi connectivity index (χ2v) is 5.85. The van der Waals surface area contributed by atoms with Crippen molar-refractivity contribution in [1.82, 2.24) is 0 Å². The molecule has 1 aliphatic heterocycles. The molecule has 2 aliphatic rings. The maximum absolute atomic E-state index is 13.3. The molecule has 1 heterocycles. The van der Waals surface area contributed by atoms with Crippen molar-refractivity contribution in [1.29, 1.82) is 0 Å². The lowest BCUT2D eigenvalue weighted by Gasteiger charge is -2.37. The quantitative estimate of drug-likeness (QED) is 0.755. The zero-order valence-electron chi connectivity index (χ0n) is 11.4. The maximum Gasteiger partial charge on any atom is 0.230 e. The highest BCUT2D eigenvalue weighted by atomic mass is 19.1. The van der Waals surface area contributed by atoms with Crippen molar-refractivity contribution >= 4 is 11.6 Å². The van der Waals surface area contributed by atoms with Gasteiger partial charge in [-0.25, -0.2) is 4.39 Å². The first kappa shape index (κ1) is 12.6. The third-order valence-electron chi connectivity index (χ3n) is 4.52. The molecule has 0 aromatic heterocycles. The Bertz CT molecular complexity index is 494. The van der Waals surface area contributed by atoms with Crippen molar-refractivity contribution in [2.45, 2.75) is 51.5 Å². The van der Waals surface area contributed by atoms with Crippen molar-refractivity contribution in [2.24, 2.45) is 5.92 Å². The highest BCUT2D eigenvalue weighted by Crippen LogP contribution is 2.35. The lowest BCUT2D eigenvalue weighted by molar-refractivity contribution is -0.122. The fourth-order valence-corrected chi connectivity index (χ4v) is 3.43. The molecular weight excluding hydrogens is 241 g/mol. The average molecular weight is 261 g/mol. The number of halogens is 1. The van der Waals surface area contributed by atoms with E-state index in [4.69, 9.17) is 0 Å². The van der Waals surface area contributed by atoms with E-state index in [-0.39, 0.29) is 23.7 Å². The Morgan fingerprint density at radius 1 is 1.26 bits per heavy atom. The Balaban J connectivity index is 1.94. The van der Waals surface area contributed by atoms with E-state index in [1.165, 1.54) is 6.07 Å². The van der Waals surface area contributed by atoms with Crippen LogP contribution >= 0.6 is 0 Å². The molecule has 0 spiro atoms. The topological polar surface area (TPSA) is 20.3 Å². The van der Waals surface area contributed by atoms with Gasteiger partial charge in [-0.2, -0.15) is 0 Å². The van der Waals surface area contributed by atoms with Gasteiger partial charge in [-0.3, -0.25) is 4.79 Å². The summed E-state index contributed by atoms with van der Waals surface area (Å²) in [5.41, 5.74) is 1.90. The van der Waals surface area contributed by atoms with E-state index in [1.807, 2.05) is 4.90 Å². The third-order valence-corrected chi connectivity index (χ3v) is 4.52. The number of carbonyl (C=O) groups is 1. The van der Waals surface area contributed by atoms with Crippen molar-refractivity contribution in [3.63, 3.8) is 0 Å². The predicted octanol–water partition coefficient (Wildman–Crippen LogP) is 3.68. The number of amides is 1. The van der Waals surface area contributed by atoms with Crippen LogP contribution in [0.25, 0.3) is 0 Å². The SMILES string of the molecule is C[C@H]1CCc2cc(F)ccc2N1C(=O)C1CCCC1. The zero-order chi connectivity index (χ0) is 13.4. The summed E-state index contributed by atoms with van der Waals surface area (Å²) in [5, 5.41) is 0. The fourth-order valence-electron chi connectivity index (χ4n) is 3.43. The van der Waals surface area contributed by atoms with E-state index in [9.17, 15) is 9.18 Å². The molecule has 2 nitrogen and oxygen atoms in total. The van der Waals surface area contributed by atoms with Crippen LogP contribution in [0.4, 0.5) is 10.1 Å². The normalized spacial score (nSPS) is 23.5. The van der Waals surface area contributed by atoms with Crippen LogP contribution in [-0.4, -0.2) is 11.9 Å². The Hall–Kier alpha value is -1.38. The number of carbonyl (C=O) groups excluding carboxylic acids is 1. The van der Waals surface area contributed by atoms with Crippen molar-refractivity contribution in [3.05, 3.63) is 29.6 Å². The second kappa shape index (κ2) is 4.95. The van der Waals surface area contributed by atoms with Gasteiger partial charge >= 0.3 is 0 Å². The molecular formula is C16H20FNO. The van der Waals surface area contributed by atoms with Crippen LogP contribution < -0.4 is 4.90 Å². The van der Waals surface area contributed by atoms with Gasteiger partial charge in [0.15, 0.2) is 0 Å². The monoisotopic (exact) mass is 261 g/mol. The lowest BCUT2D eigenvalue weighted by Crippen LogP contribution is -2.44. The van der Waals surface area contributed by atoms with Crippen LogP contribution in [0.15, 0.2) is 18.2 Å². The molecule has 1 saturated carbocycles. The largest absolute Gasteiger partial charge is 0.309 e. The first-order chi connectivity index (χ1) is 9.16. The summed E-state index contributed by atoms with van der Waals surface area (Å²) >= 11 is 0. The molecule has 3 heteroatoms. The van der Waals surface area contributed by atoms with Gasteiger partial charge in [-0.05, 0) is 56.4 Å². The minimum Gasteiger partial charge on any atom is -0.309 e. The predicted molar refractivity (Wildman–Crippen MR) is 73.6 cm³/mol. The third kappa shape index (κ3) is 2.26. The lowest BCUT2D eigenvalue weighted by atomic mass is 9.94. The molecule has 1 aromatic carbocycles. The molecule has 0 unspecified atom stereocenters. The van der Waals surface area contributed by atoms with E-state index in [2.05, 4.69) is 6.92 Å². The summed E-state index contributed by atoms with van der Waals surface area (Å²) in [7, 11) is 0. The number of hydrogen-bond donors (Lipinski definition) is 0. The first-order valence-corrected chi connectivity index (χ1v) is 7.28. The Kier molecular flexibility index (Phi) is 3.29. The molecule has 102 valence electrons. The maximum atomic E-state index is 13.3. The van der Waals surface area contributed by atoms with E-state index < -0.39 is 0 Å². The molecule has 0 radical (unpaired) electrons. The van der Waals surface area contributed by atoms with Gasteiger partial charge in [-0.1, -0.05) is 12.8 Å². The standard InChI is InChI=1S/C16H20FNO/c1-11-6-7-13-10-14(17)8-9-15(13)18(11)16(19)12-4-2-3-5-12/h8-12H,2-7H2,1H3/t11-/m0/s1. The van der Waals surface area contributed by atoms with E-state index >= 15 is 0 Å². The summed E-state index contributed by atoms with van der Waals surface area (Å²) in [4.78, 5) is 14.6. The molecule has 0 saturated heterocycles. The van der Waals surface area contributed by atoms with Crippen LogP contribution in [0.2, 0.25) is 0 Å². The minimum absolute atomic E-state index is 0.179. The summed E-state index contributed by atoms with van der Waals surface area (Å²) in [6, 6.07) is 5.04. The van der Waals surface area contributed by atoms with Crippen molar-refractivity contribution in [2.75, 3.05) is 4.90 Å². The average Bonchev–Trinajstić information content (AvgIpc) is 2.92. The van der Waals surface area contributed by atoms with Gasteiger partial charge in [0.05, 0.1) is 0 Å². The van der Waals surface area contributed by atoms with Crippen molar-refractivity contribution in [3.8, 4) is 0 Å². The molecule has 1 fully saturated rings. The molecule has 0 bridgehead atoms. The summed E-state index contributed by atoms with van der Waals surface area (Å²) in [5.74, 6) is 0.220. The van der Waals surface area contributed by atoms with Crippen molar-refractivity contribution < 1.29 is 9.18 Å². The highest BCUT2D eigenvalue weighted by Gasteiger charge is 2.33. The number of anilines is 1. The number of rotatable bonds is 1. The summed E-state index contributed by atoms with van der Waals surface area (Å²) < 4.78 is 13.3. The second-order valence-electron chi connectivity index (χ2n) is 5.85. The van der Waals surface area contributed by atoms with Gasteiger partial charge in [0, 0.05) is 17.6 Å². The Morgan fingerprint density at radius 3 is 2.74 bits per heavy atom. The summed E-state index contributed by atoms with van der Waals surface area (Å²) in [6.07, 6.45) is 6.14. The fraction of sp³-hybridized carbons (Fsp3) is 0.562. The van der Waals surface area contributed by atoms with E-state index in [0.29, 0.717) is 0 Å². The number of hydrogen-bond acceptors (Lipinski definition) is 1. The van der Waals surface area contributed by atoms with Gasteiger partial charge in [0.25, 0.3) is 0 Å². The van der Waals surface area contributed by atoms with Crippen LogP contribution in [0.1, 0.15) is 44.6 Å². The molecule has 3 rings (SSSR count). The molecule has 0 N–H and O–H groups in total.